The summed E-state index contributed by atoms with van der Waals surface area (Å²) in [5.74, 6) is -0.807. The monoisotopic (exact) mass is 404 g/mol. The molecule has 4 rings (SSSR count). The molecule has 0 fully saturated rings. The molecule has 0 aliphatic carbocycles. The molecular weight excluding hydrogens is 391 g/mol. The van der Waals surface area contributed by atoms with Crippen LogP contribution in [0.1, 0.15) is 35.5 Å². The number of aromatic nitrogens is 2. The van der Waals surface area contributed by atoms with E-state index in [9.17, 15) is 8.78 Å². The van der Waals surface area contributed by atoms with E-state index in [2.05, 4.69) is 9.98 Å². The molecule has 1 atom stereocenters. The first-order valence-corrected chi connectivity index (χ1v) is 9.03. The van der Waals surface area contributed by atoms with Crippen molar-refractivity contribution >= 4 is 28.9 Å². The van der Waals surface area contributed by atoms with Crippen molar-refractivity contribution in [3.8, 4) is 5.69 Å². The predicted molar refractivity (Wildman–Crippen MR) is 101 cm³/mol. The van der Waals surface area contributed by atoms with Crippen LogP contribution in [0.25, 0.3) is 5.69 Å². The number of hydrogen-bond acceptors (Lipinski definition) is 2. The third-order valence-corrected chi connectivity index (χ3v) is 5.25. The highest BCUT2D eigenvalue weighted by molar-refractivity contribution is 6.45. The van der Waals surface area contributed by atoms with E-state index in [-0.39, 0.29) is 21.3 Å². The first-order valence-electron chi connectivity index (χ1n) is 8.27. The maximum absolute atomic E-state index is 14.6. The van der Waals surface area contributed by atoms with Crippen molar-refractivity contribution in [2.24, 2.45) is 4.99 Å². The topological polar surface area (TPSA) is 29.1 Å². The number of rotatable bonds is 1. The quantitative estimate of drug-likeness (QED) is 0.514. The van der Waals surface area contributed by atoms with Crippen molar-refractivity contribution in [3.05, 3.63) is 86.9 Å². The van der Waals surface area contributed by atoms with Gasteiger partial charge < -0.3 is 0 Å². The maximum Gasteiger partial charge on any atom is 0.327 e. The third kappa shape index (κ3) is 2.91. The summed E-state index contributed by atoms with van der Waals surface area (Å²) in [6.07, 6.45) is 3.61. The third-order valence-electron chi connectivity index (χ3n) is 4.45. The van der Waals surface area contributed by atoms with E-state index in [1.54, 1.807) is 18.3 Å². The van der Waals surface area contributed by atoms with Crippen molar-refractivity contribution < 1.29 is 13.3 Å². The van der Waals surface area contributed by atoms with Gasteiger partial charge in [0.05, 0.1) is 26.9 Å². The number of aryl methyl sites for hydroxylation is 1. The molecule has 0 saturated heterocycles. The summed E-state index contributed by atoms with van der Waals surface area (Å²) in [5, 5.41) is 0.460. The molecule has 0 bridgehead atoms. The summed E-state index contributed by atoms with van der Waals surface area (Å²) in [5.41, 5.74) is 1.78. The van der Waals surface area contributed by atoms with E-state index in [0.29, 0.717) is 17.1 Å². The minimum Gasteiger partial charge on any atom is -0.268 e. The van der Waals surface area contributed by atoms with Crippen LogP contribution in [0.4, 0.5) is 8.78 Å². The molecule has 3 nitrogen and oxygen atoms in total. The van der Waals surface area contributed by atoms with Gasteiger partial charge in [-0.1, -0.05) is 34.3 Å². The molecule has 27 heavy (non-hydrogen) atoms. The molecule has 0 saturated carbocycles. The fourth-order valence-electron chi connectivity index (χ4n) is 3.23. The molecule has 136 valence electrons. The molecule has 7 heteroatoms. The maximum atomic E-state index is 14.6. The first-order chi connectivity index (χ1) is 12.9. The van der Waals surface area contributed by atoms with Crippen LogP contribution in [-0.2, 0) is 0 Å². The van der Waals surface area contributed by atoms with Gasteiger partial charge in [-0.2, -0.15) is 4.57 Å². The standard InChI is InChI=1S/C20H14Cl2F2N3/c1-10-8-25-20-11(2)26-19(16-13(23)4-3-5-14(16)24)17-15(27(20)9-10)7-6-12(21)18(17)22/h3-9,11H,1-2H3/q+1/t11-/m0/s1. The van der Waals surface area contributed by atoms with Crippen molar-refractivity contribution in [2.45, 2.75) is 19.9 Å². The lowest BCUT2D eigenvalue weighted by atomic mass is 9.99. The molecule has 0 spiro atoms. The van der Waals surface area contributed by atoms with Gasteiger partial charge in [0.1, 0.15) is 29.7 Å². The largest absolute Gasteiger partial charge is 0.327 e. The molecule has 0 N–H and O–H groups in total. The molecule has 1 aliphatic heterocycles. The van der Waals surface area contributed by atoms with Crippen LogP contribution in [0.15, 0.2) is 47.7 Å². The zero-order valence-corrected chi connectivity index (χ0v) is 16.0. The molecule has 1 aliphatic rings. The first kappa shape index (κ1) is 18.0. The van der Waals surface area contributed by atoms with Crippen molar-refractivity contribution in [1.82, 2.24) is 4.98 Å². The van der Waals surface area contributed by atoms with E-state index in [4.69, 9.17) is 23.2 Å². The van der Waals surface area contributed by atoms with Gasteiger partial charge in [0.2, 0.25) is 0 Å². The fraction of sp³-hybridized carbons (Fsp3) is 0.150. The summed E-state index contributed by atoms with van der Waals surface area (Å²) >= 11 is 12.7. The minimum absolute atomic E-state index is 0.115. The lowest BCUT2D eigenvalue weighted by Gasteiger charge is -2.13. The highest BCUT2D eigenvalue weighted by atomic mass is 35.5. The van der Waals surface area contributed by atoms with Crippen LogP contribution >= 0.6 is 23.2 Å². The second-order valence-electron chi connectivity index (χ2n) is 6.37. The van der Waals surface area contributed by atoms with E-state index in [0.717, 1.165) is 5.56 Å². The SMILES string of the molecule is Cc1cnc2[n+](c1)-c1ccc(Cl)c(Cl)c1C(c1c(F)cccc1F)=N[C@H]2C. The molecule has 0 radical (unpaired) electrons. The average Bonchev–Trinajstić information content (AvgIpc) is 2.73. The second kappa shape index (κ2) is 6.66. The Bertz CT molecular complexity index is 1090. The molecule has 3 aromatic rings. The lowest BCUT2D eigenvalue weighted by molar-refractivity contribution is -0.609. The fourth-order valence-corrected chi connectivity index (χ4v) is 3.64. The molecule has 0 amide bonds. The molecule has 0 unspecified atom stereocenters. The minimum atomic E-state index is -0.719. The highest BCUT2D eigenvalue weighted by Gasteiger charge is 2.33. The Morgan fingerprint density at radius 1 is 1.04 bits per heavy atom. The van der Waals surface area contributed by atoms with E-state index < -0.39 is 17.7 Å². The molecular formula is C20H14Cl2F2N3+. The van der Waals surface area contributed by atoms with Crippen LogP contribution in [0.3, 0.4) is 0 Å². The number of fused-ring (bicyclic) bond motifs is 3. The number of hydrogen-bond donors (Lipinski definition) is 0. The van der Waals surface area contributed by atoms with Gasteiger partial charge in [-0.25, -0.2) is 8.78 Å². The zero-order chi connectivity index (χ0) is 19.3. The number of halogens is 4. The van der Waals surface area contributed by atoms with E-state index in [1.807, 2.05) is 24.6 Å². The molecule has 2 heterocycles. The Morgan fingerprint density at radius 3 is 2.44 bits per heavy atom. The number of benzene rings is 2. The van der Waals surface area contributed by atoms with E-state index in [1.165, 1.54) is 18.2 Å². The van der Waals surface area contributed by atoms with Crippen LogP contribution in [0.2, 0.25) is 10.0 Å². The van der Waals surface area contributed by atoms with Crippen LogP contribution in [0, 0.1) is 18.6 Å². The normalized spacial score (nSPS) is 15.6. The summed E-state index contributed by atoms with van der Waals surface area (Å²) in [7, 11) is 0. The summed E-state index contributed by atoms with van der Waals surface area (Å²) in [6.45, 7) is 3.72. The Kier molecular flexibility index (Phi) is 4.44. The Balaban J connectivity index is 2.14. The smallest absolute Gasteiger partial charge is 0.268 e. The van der Waals surface area contributed by atoms with Gasteiger partial charge in [0.15, 0.2) is 6.04 Å². The van der Waals surface area contributed by atoms with Gasteiger partial charge in [0, 0.05) is 5.56 Å². The Morgan fingerprint density at radius 2 is 1.74 bits per heavy atom. The van der Waals surface area contributed by atoms with Crippen LogP contribution in [0.5, 0.6) is 0 Å². The van der Waals surface area contributed by atoms with Crippen molar-refractivity contribution in [1.29, 1.82) is 0 Å². The Labute approximate surface area is 164 Å². The van der Waals surface area contributed by atoms with Gasteiger partial charge >= 0.3 is 5.82 Å². The lowest BCUT2D eigenvalue weighted by Crippen LogP contribution is -2.38. The second-order valence-corrected chi connectivity index (χ2v) is 7.15. The van der Waals surface area contributed by atoms with Crippen molar-refractivity contribution in [2.75, 3.05) is 0 Å². The average molecular weight is 405 g/mol. The summed E-state index contributed by atoms with van der Waals surface area (Å²) in [4.78, 5) is 9.07. The van der Waals surface area contributed by atoms with Gasteiger partial charge in [-0.05, 0) is 38.1 Å². The zero-order valence-electron chi connectivity index (χ0n) is 14.5. The number of nitrogens with zero attached hydrogens (tertiary/aromatic N) is 3. The summed E-state index contributed by atoms with van der Waals surface area (Å²) < 4.78 is 31.0. The van der Waals surface area contributed by atoms with Crippen molar-refractivity contribution in [3.63, 3.8) is 0 Å². The number of aliphatic imine (C=N–C) groups is 1. The predicted octanol–water partition coefficient (Wildman–Crippen LogP) is 5.16. The molecule has 1 aromatic heterocycles. The summed E-state index contributed by atoms with van der Waals surface area (Å²) in [6, 6.07) is 6.63. The van der Waals surface area contributed by atoms with E-state index >= 15 is 0 Å². The molecule has 2 aromatic carbocycles. The highest BCUT2D eigenvalue weighted by Crippen LogP contribution is 2.35. The van der Waals surface area contributed by atoms with Gasteiger partial charge in [0.25, 0.3) is 0 Å². The van der Waals surface area contributed by atoms with Crippen LogP contribution < -0.4 is 4.57 Å². The Hall–Kier alpha value is -2.37. The van der Waals surface area contributed by atoms with Gasteiger partial charge in [-0.15, -0.1) is 0 Å². The van der Waals surface area contributed by atoms with Gasteiger partial charge in [-0.3, -0.25) is 4.99 Å². The van der Waals surface area contributed by atoms with Crippen LogP contribution in [-0.4, -0.2) is 10.7 Å².